The van der Waals surface area contributed by atoms with Gasteiger partial charge < -0.3 is 4.74 Å². The van der Waals surface area contributed by atoms with Crippen LogP contribution < -0.4 is 9.64 Å². The summed E-state index contributed by atoms with van der Waals surface area (Å²) >= 11 is 0. The number of benzene rings is 2. The molecule has 6 nitrogen and oxygen atoms in total. The van der Waals surface area contributed by atoms with E-state index in [1.807, 2.05) is 30.3 Å². The molecule has 30 heavy (non-hydrogen) atoms. The molecule has 2 heterocycles. The van der Waals surface area contributed by atoms with Gasteiger partial charge in [-0.15, -0.1) is 0 Å². The molecular weight excluding hydrogens is 378 g/mol. The van der Waals surface area contributed by atoms with Gasteiger partial charge in [-0.3, -0.25) is 14.5 Å². The second-order valence-electron chi connectivity index (χ2n) is 8.18. The number of hydrogen-bond acceptors (Lipinski definition) is 5. The van der Waals surface area contributed by atoms with Crippen molar-refractivity contribution in [1.29, 1.82) is 0 Å². The highest BCUT2D eigenvalue weighted by atomic mass is 16.5. The van der Waals surface area contributed by atoms with Crippen molar-refractivity contribution in [2.24, 2.45) is 23.7 Å². The van der Waals surface area contributed by atoms with Gasteiger partial charge in [-0.1, -0.05) is 12.2 Å². The van der Waals surface area contributed by atoms with Gasteiger partial charge in [-0.2, -0.15) is 0 Å². The maximum atomic E-state index is 13.0. The minimum absolute atomic E-state index is 0.0661. The molecule has 3 aliphatic rings. The van der Waals surface area contributed by atoms with Crippen molar-refractivity contribution in [3.8, 4) is 17.1 Å². The summed E-state index contributed by atoms with van der Waals surface area (Å²) in [6, 6.07) is 13.0. The van der Waals surface area contributed by atoms with Crippen molar-refractivity contribution < 1.29 is 14.3 Å². The third-order valence-corrected chi connectivity index (χ3v) is 6.64. The van der Waals surface area contributed by atoms with Crippen LogP contribution in [0, 0.1) is 23.7 Å². The molecule has 1 aromatic heterocycles. The molecule has 0 spiro atoms. The van der Waals surface area contributed by atoms with Gasteiger partial charge in [-0.05, 0) is 54.7 Å². The fourth-order valence-electron chi connectivity index (χ4n) is 5.19. The topological polar surface area (TPSA) is 72.4 Å². The zero-order chi connectivity index (χ0) is 20.4. The number of rotatable bonds is 3. The monoisotopic (exact) mass is 397 g/mol. The fraction of sp³-hybridized carbons (Fsp3) is 0.250. The molecule has 3 aromatic rings. The smallest absolute Gasteiger partial charge is 0.238 e. The lowest BCUT2D eigenvalue weighted by Gasteiger charge is -2.17. The number of allylic oxidation sites excluding steroid dienone is 2. The molecule has 2 amide bonds. The molecule has 4 atom stereocenters. The van der Waals surface area contributed by atoms with Crippen molar-refractivity contribution >= 4 is 28.4 Å². The first-order chi connectivity index (χ1) is 14.6. The third kappa shape index (κ3) is 2.36. The number of carbonyl (C=O) groups excluding carboxylic acids is 2. The lowest BCUT2D eigenvalue weighted by Crippen LogP contribution is -2.32. The highest BCUT2D eigenvalue weighted by molar-refractivity contribution is 6.22. The number of fused-ring (bicyclic) bond motifs is 6. The van der Waals surface area contributed by atoms with Gasteiger partial charge in [0.05, 0.1) is 30.1 Å². The number of anilines is 1. The van der Waals surface area contributed by atoms with Crippen molar-refractivity contribution in [1.82, 2.24) is 9.97 Å². The number of amides is 2. The number of nitrogens with zero attached hydrogens (tertiary/aromatic N) is 3. The van der Waals surface area contributed by atoms with Crippen LogP contribution in [0.3, 0.4) is 0 Å². The van der Waals surface area contributed by atoms with E-state index in [4.69, 9.17) is 4.74 Å². The second-order valence-corrected chi connectivity index (χ2v) is 8.18. The Morgan fingerprint density at radius 2 is 1.67 bits per heavy atom. The van der Waals surface area contributed by atoms with Crippen molar-refractivity contribution in [2.45, 2.75) is 6.42 Å². The average Bonchev–Trinajstić information content (AvgIpc) is 3.47. The largest absolute Gasteiger partial charge is 0.497 e. The zero-order valence-electron chi connectivity index (χ0n) is 16.4. The Bertz CT molecular complexity index is 1200. The highest BCUT2D eigenvalue weighted by Gasteiger charge is 2.59. The first-order valence-electron chi connectivity index (χ1n) is 10.1. The number of carbonyl (C=O) groups is 2. The van der Waals surface area contributed by atoms with E-state index in [0.717, 1.165) is 28.6 Å². The van der Waals surface area contributed by atoms with Gasteiger partial charge in [0.15, 0.2) is 5.82 Å². The predicted octanol–water partition coefficient (Wildman–Crippen LogP) is 3.62. The number of hydrogen-bond donors (Lipinski definition) is 0. The Morgan fingerprint density at radius 3 is 2.33 bits per heavy atom. The Labute approximate surface area is 173 Å². The van der Waals surface area contributed by atoms with E-state index >= 15 is 0 Å². The van der Waals surface area contributed by atoms with Gasteiger partial charge in [0.25, 0.3) is 0 Å². The summed E-state index contributed by atoms with van der Waals surface area (Å²) in [5, 5.41) is 0.930. The first kappa shape index (κ1) is 17.3. The molecule has 2 aliphatic carbocycles. The van der Waals surface area contributed by atoms with Crippen LogP contribution in [-0.4, -0.2) is 28.9 Å². The van der Waals surface area contributed by atoms with E-state index in [9.17, 15) is 9.59 Å². The Morgan fingerprint density at radius 1 is 0.967 bits per heavy atom. The van der Waals surface area contributed by atoms with Crippen LogP contribution in [0.2, 0.25) is 0 Å². The van der Waals surface area contributed by atoms with Gasteiger partial charge >= 0.3 is 0 Å². The Kier molecular flexibility index (Phi) is 3.60. The molecule has 1 unspecified atom stereocenters. The minimum Gasteiger partial charge on any atom is -0.497 e. The molecule has 1 aliphatic heterocycles. The van der Waals surface area contributed by atoms with Gasteiger partial charge in [-0.25, -0.2) is 9.97 Å². The van der Waals surface area contributed by atoms with E-state index in [-0.39, 0.29) is 35.5 Å². The molecule has 6 heteroatoms. The van der Waals surface area contributed by atoms with E-state index < -0.39 is 0 Å². The molecule has 2 fully saturated rings. The van der Waals surface area contributed by atoms with E-state index in [0.29, 0.717) is 11.5 Å². The molecule has 2 aromatic carbocycles. The van der Waals surface area contributed by atoms with Crippen molar-refractivity contribution in [3.05, 3.63) is 60.8 Å². The SMILES string of the molecule is COc1ccc2cnc(-c3ccc(N4C(=O)[C@@H]5[C@H]6C=CC(C6)[C@@H]5C4=O)cc3)nc2c1. The van der Waals surface area contributed by atoms with Crippen LogP contribution in [0.25, 0.3) is 22.3 Å². The van der Waals surface area contributed by atoms with Crippen LogP contribution in [0.4, 0.5) is 5.69 Å². The van der Waals surface area contributed by atoms with Gasteiger partial charge in [0, 0.05) is 23.2 Å². The maximum Gasteiger partial charge on any atom is 0.238 e. The molecule has 2 bridgehead atoms. The fourth-order valence-corrected chi connectivity index (χ4v) is 5.19. The van der Waals surface area contributed by atoms with Crippen LogP contribution in [0.5, 0.6) is 5.75 Å². The first-order valence-corrected chi connectivity index (χ1v) is 10.1. The van der Waals surface area contributed by atoms with Crippen LogP contribution in [0.15, 0.2) is 60.8 Å². The summed E-state index contributed by atoms with van der Waals surface area (Å²) in [7, 11) is 1.62. The Hall–Kier alpha value is -3.54. The zero-order valence-corrected chi connectivity index (χ0v) is 16.4. The molecule has 1 saturated heterocycles. The van der Waals surface area contributed by atoms with Gasteiger partial charge in [0.2, 0.25) is 11.8 Å². The number of methoxy groups -OCH3 is 1. The van der Waals surface area contributed by atoms with Crippen LogP contribution in [-0.2, 0) is 9.59 Å². The lowest BCUT2D eigenvalue weighted by atomic mass is 9.85. The highest BCUT2D eigenvalue weighted by Crippen LogP contribution is 2.53. The second kappa shape index (κ2) is 6.23. The lowest BCUT2D eigenvalue weighted by molar-refractivity contribution is -0.123. The molecule has 0 N–H and O–H groups in total. The summed E-state index contributed by atoms with van der Waals surface area (Å²) in [5.74, 6) is 1.24. The van der Waals surface area contributed by atoms with E-state index in [1.165, 1.54) is 4.90 Å². The van der Waals surface area contributed by atoms with Gasteiger partial charge in [0.1, 0.15) is 5.75 Å². The predicted molar refractivity (Wildman–Crippen MR) is 112 cm³/mol. The third-order valence-electron chi connectivity index (χ3n) is 6.64. The number of aromatic nitrogens is 2. The number of ether oxygens (including phenoxy) is 1. The summed E-state index contributed by atoms with van der Waals surface area (Å²) in [6.07, 6.45) is 6.93. The van der Waals surface area contributed by atoms with E-state index in [2.05, 4.69) is 22.1 Å². The Balaban J connectivity index is 1.31. The average molecular weight is 397 g/mol. The number of imide groups is 1. The molecule has 148 valence electrons. The molecule has 1 saturated carbocycles. The van der Waals surface area contributed by atoms with E-state index in [1.54, 1.807) is 25.4 Å². The molecular formula is C24H19N3O3. The quantitative estimate of drug-likeness (QED) is 0.499. The summed E-state index contributed by atoms with van der Waals surface area (Å²) < 4.78 is 5.28. The van der Waals surface area contributed by atoms with Crippen LogP contribution >= 0.6 is 0 Å². The normalized spacial score (nSPS) is 26.6. The summed E-state index contributed by atoms with van der Waals surface area (Å²) in [4.78, 5) is 36.4. The molecule has 0 radical (unpaired) electrons. The van der Waals surface area contributed by atoms with Crippen molar-refractivity contribution in [2.75, 3.05) is 12.0 Å². The summed E-state index contributed by atoms with van der Waals surface area (Å²) in [5.41, 5.74) is 2.23. The maximum absolute atomic E-state index is 13.0. The standard InChI is InChI=1S/C24H19N3O3/c1-30-18-9-6-16-12-25-22(26-19(16)11-18)13-4-7-17(8-5-13)27-23(28)20-14-2-3-15(10-14)21(20)24(27)29/h2-9,11-12,14-15,20-21H,10H2,1H3/t14-,15?,20+,21-/m0/s1. The van der Waals surface area contributed by atoms with Crippen molar-refractivity contribution in [3.63, 3.8) is 0 Å². The molecule has 6 rings (SSSR count). The minimum atomic E-state index is -0.189. The summed E-state index contributed by atoms with van der Waals surface area (Å²) in [6.45, 7) is 0. The van der Waals surface area contributed by atoms with Crippen LogP contribution in [0.1, 0.15) is 6.42 Å².